The molecule has 35 heavy (non-hydrogen) atoms. The van der Waals surface area contributed by atoms with Gasteiger partial charge >= 0.3 is 12.1 Å². The Morgan fingerprint density at radius 3 is 2.17 bits per heavy atom. The average molecular weight is 539 g/mol. The molecular weight excluding hydrogens is 516 g/mol. The number of nitrogens with one attached hydrogen (secondary N) is 2. The van der Waals surface area contributed by atoms with Crippen molar-refractivity contribution in [3.63, 3.8) is 0 Å². The smallest absolute Gasteiger partial charge is 0.411 e. The summed E-state index contributed by atoms with van der Waals surface area (Å²) in [6, 6.07) is 19.0. The first-order valence-electron chi connectivity index (χ1n) is 10.9. The number of rotatable bonds is 7. The Balaban J connectivity index is 1.44. The molecule has 0 fully saturated rings. The normalized spacial score (nSPS) is 13.8. The van der Waals surface area contributed by atoms with Gasteiger partial charge < -0.3 is 20.3 Å². The summed E-state index contributed by atoms with van der Waals surface area (Å²) < 4.78 is 6.02. The van der Waals surface area contributed by atoms with E-state index in [1.165, 1.54) is 19.1 Å². The Morgan fingerprint density at radius 1 is 1.00 bits per heavy atom. The number of ether oxygens (including phenoxy) is 1. The molecule has 0 saturated heterocycles. The van der Waals surface area contributed by atoms with Crippen LogP contribution in [0.1, 0.15) is 34.3 Å². The van der Waals surface area contributed by atoms with Crippen LogP contribution < -0.4 is 10.6 Å². The molecule has 2 unspecified atom stereocenters. The van der Waals surface area contributed by atoms with Crippen molar-refractivity contribution in [2.75, 3.05) is 11.9 Å². The van der Waals surface area contributed by atoms with Crippen molar-refractivity contribution in [1.29, 1.82) is 0 Å². The molecule has 0 heterocycles. The van der Waals surface area contributed by atoms with Gasteiger partial charge in [0.25, 0.3) is 5.91 Å². The van der Waals surface area contributed by atoms with Crippen molar-refractivity contribution >= 4 is 39.6 Å². The second kappa shape index (κ2) is 10.3. The number of halogens is 1. The first-order chi connectivity index (χ1) is 16.7. The Bertz CT molecular complexity index is 1250. The van der Waals surface area contributed by atoms with E-state index in [9.17, 15) is 24.6 Å². The monoisotopic (exact) mass is 538 g/mol. The third-order valence-electron chi connectivity index (χ3n) is 5.79. The molecule has 0 aromatic heterocycles. The molecule has 2 amide bonds. The van der Waals surface area contributed by atoms with Crippen LogP contribution in [0.25, 0.3) is 11.1 Å². The van der Waals surface area contributed by atoms with Gasteiger partial charge in [0, 0.05) is 21.6 Å². The summed E-state index contributed by atoms with van der Waals surface area (Å²) in [5.41, 5.74) is 4.81. The number of aliphatic hydroxyl groups is 1. The maximum Gasteiger partial charge on any atom is 0.411 e. The maximum absolute atomic E-state index is 12.6. The second-order valence-corrected chi connectivity index (χ2v) is 9.12. The van der Waals surface area contributed by atoms with E-state index in [1.54, 1.807) is 6.07 Å². The Morgan fingerprint density at radius 2 is 1.60 bits per heavy atom. The fourth-order valence-corrected chi connectivity index (χ4v) is 4.65. The fourth-order valence-electron chi connectivity index (χ4n) is 4.16. The third kappa shape index (κ3) is 5.36. The van der Waals surface area contributed by atoms with E-state index in [-0.39, 0.29) is 23.8 Å². The number of carbonyl (C=O) groups excluding carboxylic acids is 2. The summed E-state index contributed by atoms with van der Waals surface area (Å²) in [6.45, 7) is 1.40. The molecule has 0 saturated carbocycles. The zero-order chi connectivity index (χ0) is 25.1. The van der Waals surface area contributed by atoms with Crippen LogP contribution in [0.5, 0.6) is 0 Å². The Hall–Kier alpha value is -3.69. The lowest BCUT2D eigenvalue weighted by atomic mass is 9.98. The molecular formula is C26H23BrN2O6. The third-order valence-corrected chi connectivity index (χ3v) is 6.24. The van der Waals surface area contributed by atoms with Crippen LogP contribution in [0.15, 0.2) is 71.2 Å². The van der Waals surface area contributed by atoms with Crippen molar-refractivity contribution in [3.05, 3.63) is 87.9 Å². The van der Waals surface area contributed by atoms with Gasteiger partial charge in [0.05, 0.1) is 6.10 Å². The highest BCUT2D eigenvalue weighted by atomic mass is 79.9. The lowest BCUT2D eigenvalue weighted by Crippen LogP contribution is -2.47. The molecule has 2 atom stereocenters. The standard InChI is InChI=1S/C26H23BrN2O6/c1-14(30)23(25(32)33)29-24(31)15-10-16(27)12-17(11-15)28-26(34)35-13-22-20-8-4-2-6-18(20)19-7-3-5-9-21(19)22/h2-12,14,22-23,30H,13H2,1H3,(H,28,34)(H,29,31)(H,32,33). The fraction of sp³-hybridized carbons (Fsp3) is 0.192. The van der Waals surface area contributed by atoms with Gasteiger partial charge in [0.1, 0.15) is 6.61 Å². The number of carbonyl (C=O) groups is 3. The molecule has 0 bridgehead atoms. The largest absolute Gasteiger partial charge is 0.480 e. The summed E-state index contributed by atoms with van der Waals surface area (Å²) in [6.07, 6.45) is -1.98. The number of carboxylic acid groups (broad SMARTS) is 1. The van der Waals surface area contributed by atoms with Crippen molar-refractivity contribution in [2.24, 2.45) is 0 Å². The minimum absolute atomic E-state index is 0.0922. The molecule has 3 aromatic rings. The number of carboxylic acids is 1. The molecule has 0 radical (unpaired) electrons. The molecule has 9 heteroatoms. The summed E-state index contributed by atoms with van der Waals surface area (Å²) >= 11 is 3.29. The van der Waals surface area contributed by atoms with E-state index < -0.39 is 30.1 Å². The number of hydrogen-bond donors (Lipinski definition) is 4. The predicted molar refractivity (Wildman–Crippen MR) is 133 cm³/mol. The van der Waals surface area contributed by atoms with Crippen molar-refractivity contribution in [3.8, 4) is 11.1 Å². The molecule has 0 spiro atoms. The quantitative estimate of drug-likeness (QED) is 0.354. The second-order valence-electron chi connectivity index (χ2n) is 8.21. The number of aliphatic hydroxyl groups excluding tert-OH is 1. The zero-order valence-electron chi connectivity index (χ0n) is 18.7. The van der Waals surface area contributed by atoms with Crippen molar-refractivity contribution < 1.29 is 29.3 Å². The zero-order valence-corrected chi connectivity index (χ0v) is 20.3. The molecule has 8 nitrogen and oxygen atoms in total. The van der Waals surface area contributed by atoms with Crippen LogP contribution in [0.2, 0.25) is 0 Å². The van der Waals surface area contributed by atoms with Crippen LogP contribution >= 0.6 is 15.9 Å². The Labute approximate surface area is 210 Å². The summed E-state index contributed by atoms with van der Waals surface area (Å²) in [5.74, 6) is -2.17. The highest BCUT2D eigenvalue weighted by Gasteiger charge is 2.29. The molecule has 1 aliphatic carbocycles. The van der Waals surface area contributed by atoms with E-state index in [2.05, 4.69) is 38.7 Å². The van der Waals surface area contributed by atoms with Crippen LogP contribution in [-0.2, 0) is 9.53 Å². The maximum atomic E-state index is 12.6. The molecule has 4 rings (SSSR count). The topological polar surface area (TPSA) is 125 Å². The van der Waals surface area contributed by atoms with Gasteiger partial charge in [-0.3, -0.25) is 10.1 Å². The van der Waals surface area contributed by atoms with Crippen LogP contribution in [0, 0.1) is 0 Å². The Kier molecular flexibility index (Phi) is 7.18. The van der Waals surface area contributed by atoms with E-state index in [1.807, 2.05) is 36.4 Å². The van der Waals surface area contributed by atoms with Gasteiger partial charge in [-0.05, 0) is 47.4 Å². The minimum Gasteiger partial charge on any atom is -0.480 e. The molecule has 180 valence electrons. The van der Waals surface area contributed by atoms with Gasteiger partial charge in [-0.1, -0.05) is 64.5 Å². The molecule has 4 N–H and O–H groups in total. The van der Waals surface area contributed by atoms with Crippen molar-refractivity contribution in [1.82, 2.24) is 5.32 Å². The lowest BCUT2D eigenvalue weighted by Gasteiger charge is -2.17. The van der Waals surface area contributed by atoms with Gasteiger partial charge in [-0.2, -0.15) is 0 Å². The molecule has 0 aliphatic heterocycles. The van der Waals surface area contributed by atoms with Gasteiger partial charge in [0.2, 0.25) is 0 Å². The first kappa shape index (κ1) is 24.4. The number of hydrogen-bond acceptors (Lipinski definition) is 5. The summed E-state index contributed by atoms with van der Waals surface area (Å²) in [7, 11) is 0. The lowest BCUT2D eigenvalue weighted by molar-refractivity contribution is -0.141. The number of amides is 2. The highest BCUT2D eigenvalue weighted by molar-refractivity contribution is 9.10. The van der Waals surface area contributed by atoms with Crippen molar-refractivity contribution in [2.45, 2.75) is 25.0 Å². The molecule has 3 aromatic carbocycles. The number of aliphatic carboxylic acids is 1. The van der Waals surface area contributed by atoms with E-state index in [0.29, 0.717) is 4.47 Å². The van der Waals surface area contributed by atoms with E-state index in [0.717, 1.165) is 22.3 Å². The average Bonchev–Trinajstić information content (AvgIpc) is 3.14. The summed E-state index contributed by atoms with van der Waals surface area (Å²) in [5, 5.41) is 23.7. The van der Waals surface area contributed by atoms with Crippen LogP contribution in [-0.4, -0.2) is 46.9 Å². The van der Waals surface area contributed by atoms with Crippen LogP contribution in [0.4, 0.5) is 10.5 Å². The van der Waals surface area contributed by atoms with Gasteiger partial charge in [-0.15, -0.1) is 0 Å². The van der Waals surface area contributed by atoms with Gasteiger partial charge in [0.15, 0.2) is 6.04 Å². The predicted octanol–water partition coefficient (Wildman–Crippen LogP) is 4.37. The number of fused-ring (bicyclic) bond motifs is 3. The first-order valence-corrected chi connectivity index (χ1v) is 11.7. The SMILES string of the molecule is CC(O)C(NC(=O)c1cc(Br)cc(NC(=O)OCC2c3ccccc3-c3ccccc32)c1)C(=O)O. The highest BCUT2D eigenvalue weighted by Crippen LogP contribution is 2.44. The number of anilines is 1. The van der Waals surface area contributed by atoms with Crippen LogP contribution in [0.3, 0.4) is 0 Å². The minimum atomic E-state index is -1.47. The van der Waals surface area contributed by atoms with E-state index >= 15 is 0 Å². The van der Waals surface area contributed by atoms with E-state index in [4.69, 9.17) is 4.74 Å². The molecule has 1 aliphatic rings. The summed E-state index contributed by atoms with van der Waals surface area (Å²) in [4.78, 5) is 36.4. The number of benzene rings is 3. The van der Waals surface area contributed by atoms with Gasteiger partial charge in [-0.25, -0.2) is 9.59 Å².